The highest BCUT2D eigenvalue weighted by Gasteiger charge is 2.38. The maximum Gasteiger partial charge on any atom is 0.416 e. The summed E-state index contributed by atoms with van der Waals surface area (Å²) in [6, 6.07) is 4.72. The standard InChI is InChI=1S/C11H13F3N2O2/c1-6-3-2-4-7(15)9(6)10(18)16-5-8(17)11(12,13)14/h2-4,8,17H,5,15H2,1H3,(H,16,18). The van der Waals surface area contributed by atoms with Gasteiger partial charge >= 0.3 is 6.18 Å². The topological polar surface area (TPSA) is 75.4 Å². The summed E-state index contributed by atoms with van der Waals surface area (Å²) < 4.78 is 36.1. The molecule has 4 N–H and O–H groups in total. The van der Waals surface area contributed by atoms with E-state index in [1.807, 2.05) is 5.32 Å². The number of anilines is 1. The third-order valence-corrected chi connectivity index (χ3v) is 2.37. The van der Waals surface area contributed by atoms with E-state index in [4.69, 9.17) is 10.8 Å². The van der Waals surface area contributed by atoms with Gasteiger partial charge in [0.15, 0.2) is 6.10 Å². The highest BCUT2D eigenvalue weighted by Crippen LogP contribution is 2.20. The first-order valence-corrected chi connectivity index (χ1v) is 5.11. The number of benzene rings is 1. The Morgan fingerprint density at radius 1 is 1.50 bits per heavy atom. The minimum atomic E-state index is -4.76. The van der Waals surface area contributed by atoms with Gasteiger partial charge in [-0.15, -0.1) is 0 Å². The molecule has 0 aliphatic rings. The Morgan fingerprint density at radius 3 is 2.61 bits per heavy atom. The molecule has 7 heteroatoms. The predicted molar refractivity (Wildman–Crippen MR) is 60.0 cm³/mol. The number of nitrogens with two attached hydrogens (primary N) is 1. The molecule has 1 aromatic carbocycles. The first kappa shape index (κ1) is 14.3. The van der Waals surface area contributed by atoms with Crippen molar-refractivity contribution < 1.29 is 23.1 Å². The fraction of sp³-hybridized carbons (Fsp3) is 0.364. The van der Waals surface area contributed by atoms with Crippen LogP contribution < -0.4 is 11.1 Å². The number of nitrogen functional groups attached to an aromatic ring is 1. The van der Waals surface area contributed by atoms with E-state index in [1.54, 1.807) is 19.1 Å². The molecule has 0 saturated carbocycles. The highest BCUT2D eigenvalue weighted by atomic mass is 19.4. The second-order valence-corrected chi connectivity index (χ2v) is 3.81. The molecule has 0 aliphatic heterocycles. The van der Waals surface area contributed by atoms with Gasteiger partial charge in [-0.25, -0.2) is 0 Å². The third-order valence-electron chi connectivity index (χ3n) is 2.37. The second kappa shape index (κ2) is 5.26. The number of aliphatic hydroxyl groups excluding tert-OH is 1. The van der Waals surface area contributed by atoms with Crippen LogP contribution in [-0.4, -0.2) is 29.8 Å². The summed E-state index contributed by atoms with van der Waals surface area (Å²) in [6.45, 7) is 0.710. The molecule has 18 heavy (non-hydrogen) atoms. The van der Waals surface area contributed by atoms with Gasteiger partial charge in [0, 0.05) is 5.69 Å². The van der Waals surface area contributed by atoms with Gasteiger partial charge in [-0.1, -0.05) is 12.1 Å². The molecule has 0 aromatic heterocycles. The summed E-state index contributed by atoms with van der Waals surface area (Å²) in [5.41, 5.74) is 6.41. The average Bonchev–Trinajstić information content (AvgIpc) is 2.24. The molecular formula is C11H13F3N2O2. The molecule has 0 heterocycles. The Morgan fingerprint density at radius 2 is 2.11 bits per heavy atom. The van der Waals surface area contributed by atoms with Gasteiger partial charge in [0.25, 0.3) is 5.91 Å². The molecule has 0 fully saturated rings. The number of alkyl halides is 3. The number of rotatable bonds is 3. The number of amides is 1. The lowest BCUT2D eigenvalue weighted by Gasteiger charge is -2.16. The van der Waals surface area contributed by atoms with Gasteiger partial charge in [-0.3, -0.25) is 4.79 Å². The Labute approximate surface area is 102 Å². The molecule has 1 unspecified atom stereocenters. The van der Waals surface area contributed by atoms with Crippen molar-refractivity contribution >= 4 is 11.6 Å². The summed E-state index contributed by atoms with van der Waals surface area (Å²) in [6.07, 6.45) is -7.35. The predicted octanol–water partition coefficient (Wildman–Crippen LogP) is 1.23. The number of carbonyl (C=O) groups is 1. The van der Waals surface area contributed by atoms with E-state index >= 15 is 0 Å². The van der Waals surface area contributed by atoms with Crippen molar-refractivity contribution in [2.24, 2.45) is 0 Å². The van der Waals surface area contributed by atoms with Crippen molar-refractivity contribution in [2.45, 2.75) is 19.2 Å². The van der Waals surface area contributed by atoms with Crippen LogP contribution in [0, 0.1) is 6.92 Å². The number of halogens is 3. The Bertz CT molecular complexity index is 426. The van der Waals surface area contributed by atoms with Gasteiger partial charge in [-0.2, -0.15) is 13.2 Å². The molecule has 0 saturated heterocycles. The maximum absolute atomic E-state index is 12.0. The normalized spacial score (nSPS) is 13.2. The van der Waals surface area contributed by atoms with Crippen LogP contribution in [0.1, 0.15) is 15.9 Å². The van der Waals surface area contributed by atoms with E-state index in [0.717, 1.165) is 0 Å². The first-order chi connectivity index (χ1) is 8.23. The number of hydrogen-bond donors (Lipinski definition) is 3. The van der Waals surface area contributed by atoms with E-state index in [1.165, 1.54) is 6.07 Å². The smallest absolute Gasteiger partial charge is 0.398 e. The van der Waals surface area contributed by atoms with Crippen molar-refractivity contribution in [3.63, 3.8) is 0 Å². The Balaban J connectivity index is 2.73. The lowest BCUT2D eigenvalue weighted by molar-refractivity contribution is -0.201. The van der Waals surface area contributed by atoms with Gasteiger partial charge in [0.05, 0.1) is 12.1 Å². The summed E-state index contributed by atoms with van der Waals surface area (Å²) in [5.74, 6) is -0.742. The molecule has 0 bridgehead atoms. The van der Waals surface area contributed by atoms with Crippen LogP contribution in [0.4, 0.5) is 18.9 Å². The van der Waals surface area contributed by atoms with Gasteiger partial charge < -0.3 is 16.2 Å². The molecule has 1 aromatic rings. The number of aliphatic hydroxyl groups is 1. The van der Waals surface area contributed by atoms with Crippen LogP contribution in [0.15, 0.2) is 18.2 Å². The Hall–Kier alpha value is -1.76. The molecular weight excluding hydrogens is 249 g/mol. The van der Waals surface area contributed by atoms with Crippen LogP contribution in [0.5, 0.6) is 0 Å². The van der Waals surface area contributed by atoms with Crippen molar-refractivity contribution in [1.82, 2.24) is 5.32 Å². The zero-order valence-corrected chi connectivity index (χ0v) is 9.58. The van der Waals surface area contributed by atoms with E-state index in [2.05, 4.69) is 0 Å². The van der Waals surface area contributed by atoms with Crippen LogP contribution >= 0.6 is 0 Å². The van der Waals surface area contributed by atoms with Crippen LogP contribution in [0.2, 0.25) is 0 Å². The minimum absolute atomic E-state index is 0.117. The van der Waals surface area contributed by atoms with Crippen LogP contribution in [0.25, 0.3) is 0 Å². The van der Waals surface area contributed by atoms with Gasteiger partial charge in [-0.05, 0) is 18.6 Å². The van der Waals surface area contributed by atoms with Crippen molar-refractivity contribution in [3.8, 4) is 0 Å². The zero-order chi connectivity index (χ0) is 13.9. The number of carbonyl (C=O) groups excluding carboxylic acids is 1. The van der Waals surface area contributed by atoms with Gasteiger partial charge in [0.1, 0.15) is 0 Å². The monoisotopic (exact) mass is 262 g/mol. The molecule has 1 amide bonds. The molecule has 4 nitrogen and oxygen atoms in total. The summed E-state index contributed by atoms with van der Waals surface area (Å²) >= 11 is 0. The maximum atomic E-state index is 12.0. The number of aryl methyl sites for hydroxylation is 1. The quantitative estimate of drug-likeness (QED) is 0.717. The summed E-state index contributed by atoms with van der Waals surface area (Å²) in [7, 11) is 0. The second-order valence-electron chi connectivity index (χ2n) is 3.81. The highest BCUT2D eigenvalue weighted by molar-refractivity contribution is 6.00. The SMILES string of the molecule is Cc1cccc(N)c1C(=O)NCC(O)C(F)(F)F. The summed E-state index contributed by atoms with van der Waals surface area (Å²) in [5, 5.41) is 10.7. The van der Waals surface area contributed by atoms with Crippen LogP contribution in [0.3, 0.4) is 0 Å². The minimum Gasteiger partial charge on any atom is -0.398 e. The lowest BCUT2D eigenvalue weighted by atomic mass is 10.1. The van der Waals surface area contributed by atoms with Crippen molar-refractivity contribution in [2.75, 3.05) is 12.3 Å². The largest absolute Gasteiger partial charge is 0.416 e. The molecule has 100 valence electrons. The Kier molecular flexibility index (Phi) is 4.18. The van der Waals surface area contributed by atoms with Crippen LogP contribution in [-0.2, 0) is 0 Å². The third kappa shape index (κ3) is 3.36. The fourth-order valence-corrected chi connectivity index (χ4v) is 1.39. The number of hydrogen-bond acceptors (Lipinski definition) is 3. The zero-order valence-electron chi connectivity index (χ0n) is 9.58. The van der Waals surface area contributed by atoms with Gasteiger partial charge in [0.2, 0.25) is 0 Å². The number of nitrogens with one attached hydrogen (secondary N) is 1. The first-order valence-electron chi connectivity index (χ1n) is 5.11. The van der Waals surface area contributed by atoms with E-state index in [0.29, 0.717) is 5.56 Å². The van der Waals surface area contributed by atoms with E-state index < -0.39 is 24.7 Å². The summed E-state index contributed by atoms with van der Waals surface area (Å²) in [4.78, 5) is 11.6. The average molecular weight is 262 g/mol. The molecule has 1 atom stereocenters. The van der Waals surface area contributed by atoms with E-state index in [9.17, 15) is 18.0 Å². The molecule has 1 rings (SSSR count). The van der Waals surface area contributed by atoms with E-state index in [-0.39, 0.29) is 11.3 Å². The lowest BCUT2D eigenvalue weighted by Crippen LogP contribution is -2.41. The molecule has 0 spiro atoms. The molecule has 0 aliphatic carbocycles. The van der Waals surface area contributed by atoms with Crippen molar-refractivity contribution in [3.05, 3.63) is 29.3 Å². The van der Waals surface area contributed by atoms with Crippen molar-refractivity contribution in [1.29, 1.82) is 0 Å². The molecule has 0 radical (unpaired) electrons. The fourth-order valence-electron chi connectivity index (χ4n) is 1.39.